The summed E-state index contributed by atoms with van der Waals surface area (Å²) in [6.45, 7) is 1.21. The van der Waals surface area contributed by atoms with Crippen LogP contribution in [0.4, 0.5) is 0 Å². The molecule has 122 valence electrons. The maximum atomic E-state index is 11.3. The Hall–Kier alpha value is -1.63. The summed E-state index contributed by atoms with van der Waals surface area (Å²) < 4.78 is 1.56. The average molecular weight is 355 g/mol. The van der Waals surface area contributed by atoms with E-state index >= 15 is 0 Å². The molecule has 0 saturated carbocycles. The van der Waals surface area contributed by atoms with Gasteiger partial charge in [0.1, 0.15) is 6.04 Å². The Morgan fingerprint density at radius 1 is 1.35 bits per heavy atom. The molecule has 8 heteroatoms. The van der Waals surface area contributed by atoms with E-state index in [1.165, 1.54) is 0 Å². The second-order valence-corrected chi connectivity index (χ2v) is 6.33. The molecule has 6 nitrogen and oxygen atoms in total. The Morgan fingerprint density at radius 2 is 2.17 bits per heavy atom. The number of benzene rings is 1. The lowest BCUT2D eigenvalue weighted by atomic mass is 10.0. The minimum absolute atomic E-state index is 0.409. The van der Waals surface area contributed by atoms with E-state index in [9.17, 15) is 9.90 Å². The SMILES string of the molecule is O=C(O)C1CCCCN1Cc1cn(-c2cccc(Cl)c2Cl)nn1. The first-order valence-corrected chi connectivity index (χ1v) is 8.14. The summed E-state index contributed by atoms with van der Waals surface area (Å²) in [5.41, 5.74) is 1.35. The highest BCUT2D eigenvalue weighted by atomic mass is 35.5. The number of likely N-dealkylation sites (tertiary alicyclic amines) is 1. The van der Waals surface area contributed by atoms with Gasteiger partial charge in [-0.25, -0.2) is 4.68 Å². The smallest absolute Gasteiger partial charge is 0.320 e. The summed E-state index contributed by atoms with van der Waals surface area (Å²) >= 11 is 12.2. The molecule has 0 bridgehead atoms. The molecule has 2 heterocycles. The van der Waals surface area contributed by atoms with Gasteiger partial charge in [-0.3, -0.25) is 9.69 Å². The van der Waals surface area contributed by atoms with E-state index in [1.807, 2.05) is 4.90 Å². The number of aliphatic carboxylic acids is 1. The number of hydrogen-bond donors (Lipinski definition) is 1. The Balaban J connectivity index is 1.79. The fourth-order valence-electron chi connectivity index (χ4n) is 2.83. The molecule has 23 heavy (non-hydrogen) atoms. The maximum Gasteiger partial charge on any atom is 0.320 e. The highest BCUT2D eigenvalue weighted by molar-refractivity contribution is 6.43. The molecule has 1 atom stereocenters. The van der Waals surface area contributed by atoms with Crippen LogP contribution in [-0.4, -0.2) is 43.6 Å². The number of halogens is 2. The lowest BCUT2D eigenvalue weighted by molar-refractivity contribution is -0.144. The molecule has 0 radical (unpaired) electrons. The van der Waals surface area contributed by atoms with Crippen molar-refractivity contribution in [2.24, 2.45) is 0 Å². The molecule has 1 aliphatic heterocycles. The highest BCUT2D eigenvalue weighted by Crippen LogP contribution is 2.28. The van der Waals surface area contributed by atoms with Crippen LogP contribution >= 0.6 is 23.2 Å². The van der Waals surface area contributed by atoms with Crippen molar-refractivity contribution in [3.8, 4) is 5.69 Å². The third-order valence-corrected chi connectivity index (χ3v) is 4.79. The molecule has 3 rings (SSSR count). The molecule has 2 aromatic rings. The standard InChI is InChI=1S/C15H16Cl2N4O2/c16-11-4-3-6-12(14(11)17)21-9-10(18-19-21)8-20-7-2-1-5-13(20)15(22)23/h3-4,6,9,13H,1-2,5,7-8H2,(H,22,23). The van der Waals surface area contributed by atoms with Gasteiger partial charge >= 0.3 is 5.97 Å². The van der Waals surface area contributed by atoms with Crippen molar-refractivity contribution in [2.75, 3.05) is 6.54 Å². The largest absolute Gasteiger partial charge is 0.480 e. The number of aromatic nitrogens is 3. The first kappa shape index (κ1) is 16.2. The van der Waals surface area contributed by atoms with Crippen LogP contribution in [0.15, 0.2) is 24.4 Å². The Bertz CT molecular complexity index is 719. The van der Waals surface area contributed by atoms with Crippen LogP contribution in [0, 0.1) is 0 Å². The third-order valence-electron chi connectivity index (χ3n) is 3.98. The summed E-state index contributed by atoms with van der Waals surface area (Å²) in [4.78, 5) is 13.3. The third kappa shape index (κ3) is 3.49. The van der Waals surface area contributed by atoms with Crippen molar-refractivity contribution in [3.63, 3.8) is 0 Å². The molecule has 1 aromatic heterocycles. The predicted molar refractivity (Wildman–Crippen MR) is 87.1 cm³/mol. The zero-order chi connectivity index (χ0) is 16.4. The summed E-state index contributed by atoms with van der Waals surface area (Å²) in [6, 6.07) is 4.84. The van der Waals surface area contributed by atoms with Crippen molar-refractivity contribution in [2.45, 2.75) is 31.8 Å². The van der Waals surface area contributed by atoms with Crippen LogP contribution in [0.3, 0.4) is 0 Å². The Morgan fingerprint density at radius 3 is 2.96 bits per heavy atom. The van der Waals surface area contributed by atoms with E-state index in [-0.39, 0.29) is 0 Å². The van der Waals surface area contributed by atoms with E-state index in [0.717, 1.165) is 19.4 Å². The van der Waals surface area contributed by atoms with Crippen LogP contribution in [0.25, 0.3) is 5.69 Å². The Labute approximate surface area is 143 Å². The van der Waals surface area contributed by atoms with E-state index < -0.39 is 12.0 Å². The van der Waals surface area contributed by atoms with Gasteiger partial charge in [0.25, 0.3) is 0 Å². The second kappa shape index (κ2) is 6.86. The van der Waals surface area contributed by atoms with Crippen molar-refractivity contribution < 1.29 is 9.90 Å². The zero-order valence-corrected chi connectivity index (χ0v) is 13.8. The van der Waals surface area contributed by atoms with Gasteiger partial charge < -0.3 is 5.11 Å². The fraction of sp³-hybridized carbons (Fsp3) is 0.400. The van der Waals surface area contributed by atoms with Gasteiger partial charge in [0.15, 0.2) is 0 Å². The summed E-state index contributed by atoms with van der Waals surface area (Å²) in [7, 11) is 0. The summed E-state index contributed by atoms with van der Waals surface area (Å²) in [5, 5.41) is 18.4. The number of nitrogens with zero attached hydrogens (tertiary/aromatic N) is 4. The van der Waals surface area contributed by atoms with E-state index in [4.69, 9.17) is 23.2 Å². The number of hydrogen-bond acceptors (Lipinski definition) is 4. The fourth-order valence-corrected chi connectivity index (χ4v) is 3.21. The van der Waals surface area contributed by atoms with Gasteiger partial charge in [-0.2, -0.15) is 0 Å². The van der Waals surface area contributed by atoms with Crippen LogP contribution in [0.2, 0.25) is 10.0 Å². The predicted octanol–water partition coefficient (Wildman–Crippen LogP) is 3.01. The normalized spacial score (nSPS) is 19.0. The topological polar surface area (TPSA) is 71.2 Å². The number of carbonyl (C=O) groups is 1. The maximum absolute atomic E-state index is 11.3. The number of piperidine rings is 1. The minimum atomic E-state index is -0.782. The minimum Gasteiger partial charge on any atom is -0.480 e. The van der Waals surface area contributed by atoms with E-state index in [2.05, 4.69) is 10.3 Å². The first-order chi connectivity index (χ1) is 11.1. The molecule has 1 unspecified atom stereocenters. The van der Waals surface area contributed by atoms with Gasteiger partial charge in [0.05, 0.1) is 27.6 Å². The number of carboxylic acids is 1. The van der Waals surface area contributed by atoms with Crippen LogP contribution in [-0.2, 0) is 11.3 Å². The number of carboxylic acid groups (broad SMARTS) is 1. The summed E-state index contributed by atoms with van der Waals surface area (Å²) in [5.74, 6) is -0.782. The Kier molecular flexibility index (Phi) is 4.84. The molecule has 1 aliphatic rings. The second-order valence-electron chi connectivity index (χ2n) is 5.55. The van der Waals surface area contributed by atoms with Crippen LogP contribution in [0.5, 0.6) is 0 Å². The lowest BCUT2D eigenvalue weighted by Crippen LogP contribution is -2.44. The van der Waals surface area contributed by atoms with Gasteiger partial charge in [-0.15, -0.1) is 5.10 Å². The van der Waals surface area contributed by atoms with E-state index in [1.54, 1.807) is 29.1 Å². The van der Waals surface area contributed by atoms with Crippen LogP contribution < -0.4 is 0 Å². The van der Waals surface area contributed by atoms with Crippen molar-refractivity contribution in [1.82, 2.24) is 19.9 Å². The molecular weight excluding hydrogens is 339 g/mol. The summed E-state index contributed by atoms with van der Waals surface area (Å²) in [6.07, 6.45) is 4.37. The van der Waals surface area contributed by atoms with Gasteiger partial charge in [-0.05, 0) is 31.5 Å². The molecule has 1 saturated heterocycles. The molecule has 1 aromatic carbocycles. The van der Waals surface area contributed by atoms with E-state index in [0.29, 0.717) is 34.4 Å². The molecular formula is C15H16Cl2N4O2. The molecule has 0 amide bonds. The average Bonchev–Trinajstić information content (AvgIpc) is 2.98. The molecule has 1 fully saturated rings. The quantitative estimate of drug-likeness (QED) is 0.913. The van der Waals surface area contributed by atoms with Gasteiger partial charge in [-0.1, -0.05) is 40.9 Å². The van der Waals surface area contributed by atoms with Crippen molar-refractivity contribution in [1.29, 1.82) is 0 Å². The van der Waals surface area contributed by atoms with Crippen molar-refractivity contribution >= 4 is 29.2 Å². The number of rotatable bonds is 4. The molecule has 0 aliphatic carbocycles. The lowest BCUT2D eigenvalue weighted by Gasteiger charge is -2.31. The van der Waals surface area contributed by atoms with Gasteiger partial charge in [0, 0.05) is 6.54 Å². The monoisotopic (exact) mass is 354 g/mol. The van der Waals surface area contributed by atoms with Crippen molar-refractivity contribution in [3.05, 3.63) is 40.1 Å². The molecule has 0 spiro atoms. The van der Waals surface area contributed by atoms with Crippen LogP contribution in [0.1, 0.15) is 25.0 Å². The van der Waals surface area contributed by atoms with Gasteiger partial charge in [0.2, 0.25) is 0 Å². The first-order valence-electron chi connectivity index (χ1n) is 7.38. The zero-order valence-electron chi connectivity index (χ0n) is 12.3. The highest BCUT2D eigenvalue weighted by Gasteiger charge is 2.28. The molecule has 1 N–H and O–H groups in total.